The van der Waals surface area contributed by atoms with Gasteiger partial charge >= 0.3 is 0 Å². The fourth-order valence-electron chi connectivity index (χ4n) is 2.21. The first-order valence-corrected chi connectivity index (χ1v) is 7.91. The molecule has 0 radical (unpaired) electrons. The van der Waals surface area contributed by atoms with Gasteiger partial charge in [-0.2, -0.15) is 0 Å². The minimum atomic E-state index is -3.92. The van der Waals surface area contributed by atoms with Gasteiger partial charge in [-0.15, -0.1) is 0 Å². The molecule has 6 heteroatoms. The lowest BCUT2D eigenvalue weighted by atomic mass is 10.1. The summed E-state index contributed by atoms with van der Waals surface area (Å²) in [5, 5.41) is 9.47. The Labute approximate surface area is 127 Å². The van der Waals surface area contributed by atoms with Gasteiger partial charge in [0.25, 0.3) is 10.0 Å². The smallest absolute Gasteiger partial charge is 0.268 e. The number of hydrogen-bond donors (Lipinski definition) is 1. The van der Waals surface area contributed by atoms with Gasteiger partial charge in [0.1, 0.15) is 11.6 Å². The first kappa shape index (κ1) is 14.3. The molecule has 4 nitrogen and oxygen atoms in total. The van der Waals surface area contributed by atoms with Gasteiger partial charge in [0.15, 0.2) is 0 Å². The summed E-state index contributed by atoms with van der Waals surface area (Å²) in [5.74, 6) is -0.658. The van der Waals surface area contributed by atoms with Crippen LogP contribution in [-0.4, -0.2) is 17.5 Å². The van der Waals surface area contributed by atoms with Crippen molar-refractivity contribution < 1.29 is 17.9 Å². The van der Waals surface area contributed by atoms with Crippen LogP contribution in [0.15, 0.2) is 71.8 Å². The van der Waals surface area contributed by atoms with Crippen molar-refractivity contribution in [2.75, 3.05) is 0 Å². The normalized spacial score (nSPS) is 11.5. The fourth-order valence-corrected chi connectivity index (χ4v) is 3.61. The van der Waals surface area contributed by atoms with Crippen molar-refractivity contribution in [3.05, 3.63) is 72.7 Å². The third kappa shape index (κ3) is 2.37. The molecule has 22 heavy (non-hydrogen) atoms. The zero-order valence-electron chi connectivity index (χ0n) is 11.3. The Bertz CT molecular complexity index is 932. The zero-order valence-corrected chi connectivity index (χ0v) is 12.2. The molecule has 0 atom stereocenters. The van der Waals surface area contributed by atoms with E-state index in [1.165, 1.54) is 54.7 Å². The second-order valence-electron chi connectivity index (χ2n) is 4.67. The van der Waals surface area contributed by atoms with Crippen LogP contribution in [0, 0.1) is 5.82 Å². The summed E-state index contributed by atoms with van der Waals surface area (Å²) in [6.45, 7) is 0. The number of phenolic OH excluding ortho intramolecular Hbond substituents is 1. The van der Waals surface area contributed by atoms with E-state index >= 15 is 0 Å². The quantitative estimate of drug-likeness (QED) is 0.807. The predicted octanol–water partition coefficient (Wildman–Crippen LogP) is 3.24. The summed E-state index contributed by atoms with van der Waals surface area (Å²) in [6, 6.07) is 14.4. The van der Waals surface area contributed by atoms with Crippen LogP contribution in [0.5, 0.6) is 5.75 Å². The molecule has 0 aliphatic heterocycles. The summed E-state index contributed by atoms with van der Waals surface area (Å²) in [5.41, 5.74) is 0.415. The van der Waals surface area contributed by atoms with Crippen LogP contribution in [0.25, 0.3) is 11.3 Å². The Kier molecular flexibility index (Phi) is 3.46. The second-order valence-corrected chi connectivity index (χ2v) is 6.49. The molecule has 0 saturated carbocycles. The van der Waals surface area contributed by atoms with Crippen molar-refractivity contribution in [1.29, 1.82) is 0 Å². The molecule has 112 valence electrons. The van der Waals surface area contributed by atoms with Gasteiger partial charge in [-0.05, 0) is 36.4 Å². The molecule has 1 aromatic heterocycles. The SMILES string of the molecule is O=S(=O)(c1cccc(O)c1)n1cccc1-c1ccccc1F. The van der Waals surface area contributed by atoms with E-state index in [1.807, 2.05) is 0 Å². The van der Waals surface area contributed by atoms with Crippen LogP contribution in [0.3, 0.4) is 0 Å². The van der Waals surface area contributed by atoms with Crippen LogP contribution < -0.4 is 0 Å². The van der Waals surface area contributed by atoms with Crippen LogP contribution in [0.1, 0.15) is 0 Å². The van der Waals surface area contributed by atoms with Gasteiger partial charge in [0.2, 0.25) is 0 Å². The van der Waals surface area contributed by atoms with Crippen LogP contribution in [0.2, 0.25) is 0 Å². The Morgan fingerprint density at radius 2 is 1.73 bits per heavy atom. The highest BCUT2D eigenvalue weighted by atomic mass is 32.2. The Morgan fingerprint density at radius 3 is 2.45 bits per heavy atom. The minimum Gasteiger partial charge on any atom is -0.508 e. The first-order valence-electron chi connectivity index (χ1n) is 6.47. The summed E-state index contributed by atoms with van der Waals surface area (Å²) in [4.78, 5) is -0.0683. The van der Waals surface area contributed by atoms with Crippen LogP contribution in [-0.2, 0) is 10.0 Å². The molecule has 0 aliphatic rings. The highest BCUT2D eigenvalue weighted by Gasteiger charge is 2.21. The van der Waals surface area contributed by atoms with E-state index in [0.29, 0.717) is 0 Å². The number of rotatable bonds is 3. The molecule has 3 aromatic rings. The van der Waals surface area contributed by atoms with Crippen LogP contribution >= 0.6 is 0 Å². The molecule has 1 N–H and O–H groups in total. The fraction of sp³-hybridized carbons (Fsp3) is 0. The van der Waals surface area contributed by atoms with Crippen molar-refractivity contribution >= 4 is 10.0 Å². The van der Waals surface area contributed by atoms with E-state index in [-0.39, 0.29) is 21.9 Å². The summed E-state index contributed by atoms with van der Waals surface area (Å²) >= 11 is 0. The average Bonchev–Trinajstić information content (AvgIpc) is 2.98. The monoisotopic (exact) mass is 317 g/mol. The number of phenols is 1. The molecule has 0 spiro atoms. The number of hydrogen-bond acceptors (Lipinski definition) is 3. The van der Waals surface area contributed by atoms with Gasteiger partial charge in [-0.3, -0.25) is 0 Å². The van der Waals surface area contributed by atoms with Crippen molar-refractivity contribution in [3.63, 3.8) is 0 Å². The summed E-state index contributed by atoms with van der Waals surface area (Å²) in [7, 11) is -3.92. The lowest BCUT2D eigenvalue weighted by molar-refractivity contribution is 0.473. The molecule has 1 heterocycles. The number of benzene rings is 2. The van der Waals surface area contributed by atoms with E-state index < -0.39 is 15.8 Å². The largest absolute Gasteiger partial charge is 0.508 e. The van der Waals surface area contributed by atoms with E-state index in [4.69, 9.17) is 0 Å². The van der Waals surface area contributed by atoms with Crippen LogP contribution in [0.4, 0.5) is 4.39 Å². The predicted molar refractivity (Wildman–Crippen MR) is 80.5 cm³/mol. The molecule has 0 aliphatic carbocycles. The maximum atomic E-state index is 13.9. The molecule has 0 saturated heterocycles. The van der Waals surface area contributed by atoms with Gasteiger partial charge < -0.3 is 5.11 Å². The minimum absolute atomic E-state index is 0.0683. The zero-order chi connectivity index (χ0) is 15.7. The molecule has 3 rings (SSSR count). The summed E-state index contributed by atoms with van der Waals surface area (Å²) in [6.07, 6.45) is 1.35. The molecular formula is C16H12FNO3S. The summed E-state index contributed by atoms with van der Waals surface area (Å²) < 4.78 is 40.3. The lowest BCUT2D eigenvalue weighted by Gasteiger charge is -2.11. The highest BCUT2D eigenvalue weighted by Crippen LogP contribution is 2.27. The van der Waals surface area contributed by atoms with Crippen molar-refractivity contribution in [1.82, 2.24) is 3.97 Å². The number of halogens is 1. The molecule has 0 amide bonds. The molecular weight excluding hydrogens is 305 g/mol. The van der Waals surface area contributed by atoms with E-state index in [9.17, 15) is 17.9 Å². The number of aromatic nitrogens is 1. The van der Waals surface area contributed by atoms with Gasteiger partial charge in [-0.1, -0.05) is 18.2 Å². The third-order valence-corrected chi connectivity index (χ3v) is 4.92. The highest BCUT2D eigenvalue weighted by molar-refractivity contribution is 7.90. The Morgan fingerprint density at radius 1 is 0.955 bits per heavy atom. The van der Waals surface area contributed by atoms with Crippen molar-refractivity contribution in [2.45, 2.75) is 4.90 Å². The maximum absolute atomic E-state index is 13.9. The molecule has 0 fully saturated rings. The average molecular weight is 317 g/mol. The molecule has 0 unspecified atom stereocenters. The van der Waals surface area contributed by atoms with Crippen molar-refractivity contribution in [2.24, 2.45) is 0 Å². The topological polar surface area (TPSA) is 59.3 Å². The molecule has 2 aromatic carbocycles. The van der Waals surface area contributed by atoms with E-state index in [0.717, 1.165) is 10.0 Å². The van der Waals surface area contributed by atoms with E-state index in [2.05, 4.69) is 0 Å². The van der Waals surface area contributed by atoms with Gasteiger partial charge in [0.05, 0.1) is 10.6 Å². The van der Waals surface area contributed by atoms with Crippen molar-refractivity contribution in [3.8, 4) is 17.0 Å². The standard InChI is InChI=1S/C16H12FNO3S/c17-15-8-2-1-7-14(15)16-9-4-10-18(16)22(20,21)13-6-3-5-12(19)11-13/h1-11,19H. The maximum Gasteiger partial charge on any atom is 0.268 e. The Hall–Kier alpha value is -2.60. The number of aromatic hydroxyl groups is 1. The number of nitrogens with zero attached hydrogens (tertiary/aromatic N) is 1. The Balaban J connectivity index is 2.19. The lowest BCUT2D eigenvalue weighted by Crippen LogP contribution is -2.13. The van der Waals surface area contributed by atoms with Gasteiger partial charge in [0, 0.05) is 17.8 Å². The van der Waals surface area contributed by atoms with E-state index in [1.54, 1.807) is 6.07 Å². The third-order valence-electron chi connectivity index (χ3n) is 3.24. The second kappa shape index (κ2) is 5.31. The van der Waals surface area contributed by atoms with Gasteiger partial charge in [-0.25, -0.2) is 16.8 Å². The molecule has 0 bridgehead atoms. The first-order chi connectivity index (χ1) is 10.5.